The fourth-order valence-electron chi connectivity index (χ4n) is 1.82. The van der Waals surface area contributed by atoms with E-state index in [0.29, 0.717) is 0 Å². The second-order valence-corrected chi connectivity index (χ2v) is 6.14. The zero-order chi connectivity index (χ0) is 17.7. The molecular formula is C16H13O7S-. The smallest absolute Gasteiger partial charge is 0.339 e. The van der Waals surface area contributed by atoms with Crippen molar-refractivity contribution in [2.24, 2.45) is 0 Å². The molecule has 2 aromatic rings. The number of carboxylic acid groups (broad SMARTS) is 1. The second kappa shape index (κ2) is 7.14. The van der Waals surface area contributed by atoms with Crippen LogP contribution in [0, 0.1) is 0 Å². The fourth-order valence-corrected chi connectivity index (χ4v) is 2.74. The lowest BCUT2D eigenvalue weighted by Gasteiger charge is -2.09. The largest absolute Gasteiger partial charge is 0.545 e. The molecule has 0 heterocycles. The number of carbonyl (C=O) groups is 2. The highest BCUT2D eigenvalue weighted by atomic mass is 32.2. The maximum absolute atomic E-state index is 12.2. The van der Waals surface area contributed by atoms with E-state index in [1.165, 1.54) is 42.5 Å². The maximum atomic E-state index is 12.2. The molecule has 0 atom stereocenters. The van der Waals surface area contributed by atoms with E-state index in [4.69, 9.17) is 8.92 Å². The summed E-state index contributed by atoms with van der Waals surface area (Å²) in [4.78, 5) is 22.1. The van der Waals surface area contributed by atoms with Gasteiger partial charge in [0.25, 0.3) is 0 Å². The molecule has 0 saturated carbocycles. The van der Waals surface area contributed by atoms with Gasteiger partial charge < -0.3 is 18.8 Å². The molecule has 7 nitrogen and oxygen atoms in total. The van der Waals surface area contributed by atoms with Gasteiger partial charge in [-0.25, -0.2) is 4.79 Å². The lowest BCUT2D eigenvalue weighted by Crippen LogP contribution is -2.22. The topological polar surface area (TPSA) is 110 Å². The average Bonchev–Trinajstić information content (AvgIpc) is 2.55. The minimum absolute atomic E-state index is 0.161. The van der Waals surface area contributed by atoms with Crippen molar-refractivity contribution in [1.29, 1.82) is 0 Å². The van der Waals surface area contributed by atoms with Crippen molar-refractivity contribution in [3.8, 4) is 5.75 Å². The number of esters is 1. The highest BCUT2D eigenvalue weighted by Gasteiger charge is 2.18. The van der Waals surface area contributed by atoms with E-state index in [-0.39, 0.29) is 28.4 Å². The number of hydrogen-bond acceptors (Lipinski definition) is 7. The van der Waals surface area contributed by atoms with Gasteiger partial charge in [-0.3, -0.25) is 0 Å². The molecule has 0 saturated heterocycles. The minimum atomic E-state index is -4.18. The summed E-state index contributed by atoms with van der Waals surface area (Å²) < 4.78 is 34.1. The summed E-state index contributed by atoms with van der Waals surface area (Å²) in [5.41, 5.74) is -0.00453. The van der Waals surface area contributed by atoms with E-state index in [2.05, 4.69) is 0 Å². The van der Waals surface area contributed by atoms with E-state index in [1.807, 2.05) is 0 Å². The Hall–Kier alpha value is -2.87. The van der Waals surface area contributed by atoms with Crippen LogP contribution >= 0.6 is 0 Å². The Morgan fingerprint density at radius 3 is 2.29 bits per heavy atom. The van der Waals surface area contributed by atoms with Crippen LogP contribution in [0.15, 0.2) is 53.4 Å². The van der Waals surface area contributed by atoms with Crippen molar-refractivity contribution >= 4 is 22.1 Å². The van der Waals surface area contributed by atoms with Crippen LogP contribution in [0.25, 0.3) is 0 Å². The van der Waals surface area contributed by atoms with Gasteiger partial charge in [0.1, 0.15) is 10.6 Å². The third-order valence-corrected chi connectivity index (χ3v) is 4.19. The van der Waals surface area contributed by atoms with Gasteiger partial charge in [-0.05, 0) is 43.3 Å². The second-order valence-electron chi connectivity index (χ2n) is 4.60. The highest BCUT2D eigenvalue weighted by Crippen LogP contribution is 2.20. The van der Waals surface area contributed by atoms with Crippen LogP contribution in [0.3, 0.4) is 0 Å². The SMILES string of the molecule is CCOC(=O)c1ccc(S(=O)(=O)Oc2cccc(C(=O)[O-])c2)cc1. The molecule has 0 unspecified atom stereocenters. The Morgan fingerprint density at radius 1 is 1.04 bits per heavy atom. The molecule has 0 aliphatic heterocycles. The van der Waals surface area contributed by atoms with Gasteiger partial charge in [0.2, 0.25) is 0 Å². The zero-order valence-corrected chi connectivity index (χ0v) is 13.4. The number of carboxylic acids is 1. The van der Waals surface area contributed by atoms with E-state index < -0.39 is 22.1 Å². The summed E-state index contributed by atoms with van der Waals surface area (Å²) in [6.07, 6.45) is 0. The quantitative estimate of drug-likeness (QED) is 0.565. The average molecular weight is 349 g/mol. The van der Waals surface area contributed by atoms with Gasteiger partial charge in [-0.1, -0.05) is 12.1 Å². The number of aromatic carboxylic acids is 1. The summed E-state index contributed by atoms with van der Waals surface area (Å²) in [7, 11) is -4.18. The summed E-state index contributed by atoms with van der Waals surface area (Å²) >= 11 is 0. The number of rotatable bonds is 6. The van der Waals surface area contributed by atoms with Crippen LogP contribution in [0.5, 0.6) is 5.75 Å². The van der Waals surface area contributed by atoms with Gasteiger partial charge in [0.15, 0.2) is 0 Å². The Balaban J connectivity index is 2.23. The Morgan fingerprint density at radius 2 is 1.71 bits per heavy atom. The highest BCUT2D eigenvalue weighted by molar-refractivity contribution is 7.87. The molecule has 2 aromatic carbocycles. The standard InChI is InChI=1S/C16H14O7S/c1-2-22-16(19)11-6-8-14(9-7-11)24(20,21)23-13-5-3-4-12(10-13)15(17)18/h3-10H,2H2,1H3,(H,17,18)/p-1. The van der Waals surface area contributed by atoms with E-state index in [1.54, 1.807) is 6.92 Å². The molecule has 24 heavy (non-hydrogen) atoms. The van der Waals surface area contributed by atoms with Crippen LogP contribution in [0.1, 0.15) is 27.6 Å². The van der Waals surface area contributed by atoms with Crippen LogP contribution in [0.4, 0.5) is 0 Å². The van der Waals surface area contributed by atoms with Crippen LogP contribution in [0.2, 0.25) is 0 Å². The van der Waals surface area contributed by atoms with Gasteiger partial charge in [0.05, 0.1) is 18.1 Å². The Kier molecular flexibility index (Phi) is 5.20. The summed E-state index contributed by atoms with van der Waals surface area (Å²) in [6.45, 7) is 1.86. The molecule has 8 heteroatoms. The molecular weight excluding hydrogens is 336 g/mol. The molecule has 0 aromatic heterocycles. The first-order chi connectivity index (χ1) is 11.3. The molecule has 0 N–H and O–H groups in total. The Labute approximate surface area is 138 Å². The van der Waals surface area contributed by atoms with Crippen molar-refractivity contribution in [1.82, 2.24) is 0 Å². The predicted molar refractivity (Wildman–Crippen MR) is 81.0 cm³/mol. The van der Waals surface area contributed by atoms with Crippen LogP contribution < -0.4 is 9.29 Å². The monoisotopic (exact) mass is 349 g/mol. The van der Waals surface area contributed by atoms with E-state index in [9.17, 15) is 23.1 Å². The van der Waals surface area contributed by atoms with Crippen molar-refractivity contribution in [2.75, 3.05) is 6.61 Å². The first kappa shape index (κ1) is 17.5. The first-order valence-electron chi connectivity index (χ1n) is 6.86. The predicted octanol–water partition coefficient (Wildman–Crippen LogP) is 0.995. The van der Waals surface area contributed by atoms with Gasteiger partial charge >= 0.3 is 16.1 Å². The van der Waals surface area contributed by atoms with E-state index in [0.717, 1.165) is 6.07 Å². The van der Waals surface area contributed by atoms with E-state index >= 15 is 0 Å². The van der Waals surface area contributed by atoms with Crippen LogP contribution in [-0.2, 0) is 14.9 Å². The zero-order valence-electron chi connectivity index (χ0n) is 12.6. The lowest BCUT2D eigenvalue weighted by molar-refractivity contribution is -0.255. The van der Waals surface area contributed by atoms with Crippen molar-refractivity contribution < 1.29 is 32.0 Å². The summed E-state index contributed by atoms with van der Waals surface area (Å²) in [6, 6.07) is 9.92. The van der Waals surface area contributed by atoms with Crippen molar-refractivity contribution in [3.05, 3.63) is 59.7 Å². The first-order valence-corrected chi connectivity index (χ1v) is 8.27. The molecule has 0 radical (unpaired) electrons. The fraction of sp³-hybridized carbons (Fsp3) is 0.125. The van der Waals surface area contributed by atoms with Gasteiger partial charge in [-0.2, -0.15) is 8.42 Å². The number of benzene rings is 2. The number of carbonyl (C=O) groups excluding carboxylic acids is 2. The normalized spacial score (nSPS) is 10.9. The number of hydrogen-bond donors (Lipinski definition) is 0. The van der Waals surface area contributed by atoms with Crippen molar-refractivity contribution in [2.45, 2.75) is 11.8 Å². The minimum Gasteiger partial charge on any atom is -0.545 e. The molecule has 0 spiro atoms. The molecule has 0 aliphatic rings. The third kappa shape index (κ3) is 4.11. The van der Waals surface area contributed by atoms with Gasteiger partial charge in [0, 0.05) is 5.56 Å². The molecule has 126 valence electrons. The van der Waals surface area contributed by atoms with Gasteiger partial charge in [-0.15, -0.1) is 0 Å². The van der Waals surface area contributed by atoms with Crippen molar-refractivity contribution in [3.63, 3.8) is 0 Å². The maximum Gasteiger partial charge on any atom is 0.339 e. The van der Waals surface area contributed by atoms with Crippen LogP contribution in [-0.4, -0.2) is 27.0 Å². The molecule has 0 aliphatic carbocycles. The third-order valence-electron chi connectivity index (χ3n) is 2.93. The lowest BCUT2D eigenvalue weighted by atomic mass is 10.2. The molecule has 0 fully saturated rings. The number of ether oxygens (including phenoxy) is 1. The summed E-state index contributed by atoms with van der Waals surface area (Å²) in [5.74, 6) is -2.17. The molecule has 0 bridgehead atoms. The molecule has 0 amide bonds. The molecule has 2 rings (SSSR count). The Bertz CT molecular complexity index is 854. The summed E-state index contributed by atoms with van der Waals surface area (Å²) in [5, 5.41) is 10.8.